The van der Waals surface area contributed by atoms with Crippen LogP contribution in [0.3, 0.4) is 0 Å². The molecule has 1 aromatic heterocycles. The van der Waals surface area contributed by atoms with E-state index in [1.54, 1.807) is 12.1 Å². The van der Waals surface area contributed by atoms with Crippen molar-refractivity contribution in [2.75, 3.05) is 6.61 Å². The number of para-hydroxylation sites is 1. The monoisotopic (exact) mass is 250 g/mol. The second kappa shape index (κ2) is 5.76. The summed E-state index contributed by atoms with van der Waals surface area (Å²) in [6.07, 6.45) is 1.34. The highest BCUT2D eigenvalue weighted by atomic mass is 19.1. The summed E-state index contributed by atoms with van der Waals surface area (Å²) >= 11 is 0. The van der Waals surface area contributed by atoms with Gasteiger partial charge < -0.3 is 10.1 Å². The molecule has 2 aromatic rings. The van der Waals surface area contributed by atoms with Gasteiger partial charge in [0.05, 0.1) is 6.54 Å². The molecule has 0 saturated carbocycles. The molecule has 0 bridgehead atoms. The summed E-state index contributed by atoms with van der Waals surface area (Å²) in [6.45, 7) is -0.0332. The average Bonchev–Trinajstić information content (AvgIpc) is 2.88. The topological polar surface area (TPSA) is 79.9 Å². The Balaban J connectivity index is 1.77. The molecule has 0 unspecified atom stereocenters. The molecule has 0 saturated heterocycles. The minimum atomic E-state index is -0.500. The number of aromatic nitrogens is 3. The highest BCUT2D eigenvalue weighted by Gasteiger charge is 2.06. The zero-order valence-corrected chi connectivity index (χ0v) is 9.39. The number of carbonyl (C=O) groups is 1. The zero-order chi connectivity index (χ0) is 12.8. The second-order valence-electron chi connectivity index (χ2n) is 3.43. The number of benzene rings is 1. The number of amides is 1. The summed E-state index contributed by atoms with van der Waals surface area (Å²) in [5.74, 6) is -0.281. The Morgan fingerprint density at radius 2 is 2.28 bits per heavy atom. The first-order chi connectivity index (χ1) is 8.75. The highest BCUT2D eigenvalue weighted by molar-refractivity contribution is 5.77. The fraction of sp³-hybridized carbons (Fsp3) is 0.182. The van der Waals surface area contributed by atoms with Crippen molar-refractivity contribution in [2.45, 2.75) is 6.54 Å². The first kappa shape index (κ1) is 12.0. The molecule has 6 nitrogen and oxygen atoms in total. The zero-order valence-electron chi connectivity index (χ0n) is 9.39. The quantitative estimate of drug-likeness (QED) is 0.816. The van der Waals surface area contributed by atoms with Crippen molar-refractivity contribution in [3.05, 3.63) is 42.2 Å². The maximum atomic E-state index is 13.2. The Kier molecular flexibility index (Phi) is 3.85. The Morgan fingerprint density at radius 3 is 3.00 bits per heavy atom. The van der Waals surface area contributed by atoms with Crippen molar-refractivity contribution in [1.29, 1.82) is 0 Å². The van der Waals surface area contributed by atoms with Crippen molar-refractivity contribution in [2.24, 2.45) is 0 Å². The largest absolute Gasteiger partial charge is 0.481 e. The lowest BCUT2D eigenvalue weighted by Crippen LogP contribution is -2.28. The van der Waals surface area contributed by atoms with Crippen LogP contribution in [0, 0.1) is 5.82 Å². The number of hydrogen-bond acceptors (Lipinski definition) is 4. The molecule has 1 amide bonds. The number of rotatable bonds is 5. The SMILES string of the molecule is O=C(COc1ccccc1F)NCc1ncn[nH]1. The molecular formula is C11H11FN4O2. The fourth-order valence-electron chi connectivity index (χ4n) is 1.25. The van der Waals surface area contributed by atoms with Gasteiger partial charge in [-0.2, -0.15) is 5.10 Å². The number of aromatic amines is 1. The molecule has 2 N–H and O–H groups in total. The first-order valence-corrected chi connectivity index (χ1v) is 5.24. The van der Waals surface area contributed by atoms with Gasteiger partial charge in [-0.25, -0.2) is 9.37 Å². The van der Waals surface area contributed by atoms with E-state index in [2.05, 4.69) is 20.5 Å². The summed E-state index contributed by atoms with van der Waals surface area (Å²) in [5, 5.41) is 8.79. The Morgan fingerprint density at radius 1 is 1.44 bits per heavy atom. The van der Waals surface area contributed by atoms with Gasteiger partial charge in [0.25, 0.3) is 5.91 Å². The molecule has 2 rings (SSSR count). The van der Waals surface area contributed by atoms with E-state index in [0.29, 0.717) is 5.82 Å². The molecule has 0 atom stereocenters. The van der Waals surface area contributed by atoms with Gasteiger partial charge in [-0.3, -0.25) is 9.89 Å². The highest BCUT2D eigenvalue weighted by Crippen LogP contribution is 2.14. The van der Waals surface area contributed by atoms with E-state index in [1.165, 1.54) is 18.5 Å². The van der Waals surface area contributed by atoms with Crippen molar-refractivity contribution in [3.8, 4) is 5.75 Å². The van der Waals surface area contributed by atoms with Crippen molar-refractivity contribution in [3.63, 3.8) is 0 Å². The number of nitrogens with zero attached hydrogens (tertiary/aromatic N) is 2. The van der Waals surface area contributed by atoms with Crippen LogP contribution in [-0.2, 0) is 11.3 Å². The molecule has 0 fully saturated rings. The van der Waals surface area contributed by atoms with Gasteiger partial charge in [0.1, 0.15) is 12.2 Å². The summed E-state index contributed by atoms with van der Waals surface area (Å²) in [7, 11) is 0. The van der Waals surface area contributed by atoms with Crippen LogP contribution in [0.4, 0.5) is 4.39 Å². The van der Waals surface area contributed by atoms with E-state index in [4.69, 9.17) is 4.74 Å². The molecule has 0 radical (unpaired) electrons. The predicted molar refractivity (Wildman–Crippen MR) is 60.1 cm³/mol. The molecule has 94 valence electrons. The average molecular weight is 250 g/mol. The molecule has 1 heterocycles. The Hall–Kier alpha value is -2.44. The molecule has 18 heavy (non-hydrogen) atoms. The Labute approximate surface area is 102 Å². The smallest absolute Gasteiger partial charge is 0.258 e. The van der Waals surface area contributed by atoms with Crippen LogP contribution in [0.15, 0.2) is 30.6 Å². The van der Waals surface area contributed by atoms with E-state index in [1.807, 2.05) is 0 Å². The van der Waals surface area contributed by atoms with Crippen LogP contribution in [0.1, 0.15) is 5.82 Å². The standard InChI is InChI=1S/C11H11FN4O2/c12-8-3-1-2-4-9(8)18-6-11(17)13-5-10-14-7-15-16-10/h1-4,7H,5-6H2,(H,13,17)(H,14,15,16). The van der Waals surface area contributed by atoms with Crippen LogP contribution >= 0.6 is 0 Å². The summed E-state index contributed by atoms with van der Waals surface area (Å²) in [6, 6.07) is 5.90. The van der Waals surface area contributed by atoms with Crippen LogP contribution < -0.4 is 10.1 Å². The third-order valence-electron chi connectivity index (χ3n) is 2.11. The van der Waals surface area contributed by atoms with Gasteiger partial charge in [0.2, 0.25) is 0 Å². The van der Waals surface area contributed by atoms with E-state index >= 15 is 0 Å². The summed E-state index contributed by atoms with van der Waals surface area (Å²) in [5.41, 5.74) is 0. The van der Waals surface area contributed by atoms with Gasteiger partial charge in [-0.15, -0.1) is 0 Å². The van der Waals surface area contributed by atoms with Gasteiger partial charge >= 0.3 is 0 Å². The lowest BCUT2D eigenvalue weighted by Gasteiger charge is -2.06. The number of carbonyl (C=O) groups excluding carboxylic acids is 1. The molecule has 0 aliphatic rings. The summed E-state index contributed by atoms with van der Waals surface area (Å²) in [4.78, 5) is 15.2. The van der Waals surface area contributed by atoms with Gasteiger partial charge in [-0.1, -0.05) is 12.1 Å². The van der Waals surface area contributed by atoms with E-state index < -0.39 is 5.82 Å². The van der Waals surface area contributed by atoms with Gasteiger partial charge in [-0.05, 0) is 12.1 Å². The van der Waals surface area contributed by atoms with Crippen molar-refractivity contribution < 1.29 is 13.9 Å². The van der Waals surface area contributed by atoms with E-state index in [9.17, 15) is 9.18 Å². The molecule has 0 spiro atoms. The molecule has 7 heteroatoms. The van der Waals surface area contributed by atoms with Crippen molar-refractivity contribution in [1.82, 2.24) is 20.5 Å². The van der Waals surface area contributed by atoms with Gasteiger partial charge in [0, 0.05) is 0 Å². The molecule has 0 aliphatic carbocycles. The number of H-pyrrole nitrogens is 1. The molecular weight excluding hydrogens is 239 g/mol. The fourth-order valence-corrected chi connectivity index (χ4v) is 1.25. The van der Waals surface area contributed by atoms with Crippen LogP contribution in [0.5, 0.6) is 5.75 Å². The molecule has 1 aromatic carbocycles. The Bertz CT molecular complexity index is 516. The van der Waals surface area contributed by atoms with Gasteiger partial charge in [0.15, 0.2) is 18.2 Å². The minimum absolute atomic E-state index is 0.0484. The van der Waals surface area contributed by atoms with Crippen LogP contribution in [-0.4, -0.2) is 27.7 Å². The number of halogens is 1. The van der Waals surface area contributed by atoms with E-state index in [-0.39, 0.29) is 24.8 Å². The third kappa shape index (κ3) is 3.27. The number of nitrogens with one attached hydrogen (secondary N) is 2. The molecule has 0 aliphatic heterocycles. The predicted octanol–water partition coefficient (Wildman–Crippen LogP) is 0.639. The maximum absolute atomic E-state index is 13.2. The summed E-state index contributed by atoms with van der Waals surface area (Å²) < 4.78 is 18.2. The minimum Gasteiger partial charge on any atom is -0.481 e. The number of hydrogen-bond donors (Lipinski definition) is 2. The number of ether oxygens (including phenoxy) is 1. The lowest BCUT2D eigenvalue weighted by atomic mass is 10.3. The lowest BCUT2D eigenvalue weighted by molar-refractivity contribution is -0.123. The van der Waals surface area contributed by atoms with E-state index in [0.717, 1.165) is 0 Å². The van der Waals surface area contributed by atoms with Crippen LogP contribution in [0.25, 0.3) is 0 Å². The first-order valence-electron chi connectivity index (χ1n) is 5.24. The van der Waals surface area contributed by atoms with Crippen molar-refractivity contribution >= 4 is 5.91 Å². The third-order valence-corrected chi connectivity index (χ3v) is 2.11. The second-order valence-corrected chi connectivity index (χ2v) is 3.43. The maximum Gasteiger partial charge on any atom is 0.258 e. The van der Waals surface area contributed by atoms with Crippen LogP contribution in [0.2, 0.25) is 0 Å². The normalized spacial score (nSPS) is 10.1.